The predicted octanol–water partition coefficient (Wildman–Crippen LogP) is 2.75. The van der Waals surface area contributed by atoms with Crippen LogP contribution in [0.1, 0.15) is 43.7 Å². The summed E-state index contributed by atoms with van der Waals surface area (Å²) >= 11 is 0. The summed E-state index contributed by atoms with van der Waals surface area (Å²) in [7, 11) is 1.60. The first-order valence-corrected chi connectivity index (χ1v) is 13.8. The molecule has 2 N–H and O–H groups in total. The van der Waals surface area contributed by atoms with Crippen LogP contribution >= 0.6 is 0 Å². The van der Waals surface area contributed by atoms with Gasteiger partial charge in [0, 0.05) is 18.4 Å². The van der Waals surface area contributed by atoms with Crippen molar-refractivity contribution in [1.29, 1.82) is 0 Å². The number of aliphatic hydroxyl groups is 1. The van der Waals surface area contributed by atoms with E-state index in [-0.39, 0.29) is 43.1 Å². The number of likely N-dealkylation sites (tertiary alicyclic amines) is 1. The van der Waals surface area contributed by atoms with Gasteiger partial charge in [-0.3, -0.25) is 19.3 Å². The number of hydrogen-bond acceptors (Lipinski definition) is 7. The molecule has 0 spiro atoms. The van der Waals surface area contributed by atoms with Crippen LogP contribution in [-0.4, -0.2) is 78.6 Å². The third-order valence-electron chi connectivity index (χ3n) is 7.84. The van der Waals surface area contributed by atoms with Crippen molar-refractivity contribution in [3.63, 3.8) is 0 Å². The highest BCUT2D eigenvalue weighted by molar-refractivity contribution is 5.97. The molecule has 2 saturated heterocycles. The van der Waals surface area contributed by atoms with Crippen LogP contribution in [0.15, 0.2) is 54.6 Å². The normalized spacial score (nSPS) is 22.5. The van der Waals surface area contributed by atoms with Crippen LogP contribution < -0.4 is 10.1 Å². The number of nitrogens with zero attached hydrogens (tertiary/aromatic N) is 1. The molecular weight excluding hydrogens is 496 g/mol. The summed E-state index contributed by atoms with van der Waals surface area (Å²) in [6, 6.07) is 16.2. The largest absolute Gasteiger partial charge is 0.497 e. The number of carbonyl (C=O) groups is 3. The first-order chi connectivity index (χ1) is 18.8. The first kappa shape index (κ1) is 28.9. The molecule has 2 aromatic carbocycles. The van der Waals surface area contributed by atoms with Crippen molar-refractivity contribution in [3.05, 3.63) is 65.7 Å². The Kier molecular flexibility index (Phi) is 9.88. The zero-order valence-corrected chi connectivity index (χ0v) is 22.9. The van der Waals surface area contributed by atoms with E-state index in [4.69, 9.17) is 9.47 Å². The van der Waals surface area contributed by atoms with Crippen molar-refractivity contribution in [2.45, 2.75) is 63.1 Å². The lowest BCUT2D eigenvalue weighted by molar-refractivity contribution is -0.134. The van der Waals surface area contributed by atoms with Gasteiger partial charge in [0.15, 0.2) is 5.78 Å². The minimum absolute atomic E-state index is 0.0210. The van der Waals surface area contributed by atoms with E-state index in [0.717, 1.165) is 36.9 Å². The fourth-order valence-electron chi connectivity index (χ4n) is 5.31. The minimum atomic E-state index is -0.887. The number of Topliss-reactive ketones (excluding diaryl/α,β-unsaturated/α-hetero) is 2. The second-order valence-electron chi connectivity index (χ2n) is 10.9. The SMILES string of the molecule is COc1ccc(C[C@H](CC(=O)CN2CCCC[C@@H]2CO)C(=O)N[C@@H](Cc2ccccc2)C(=O)[C@@]2(C)CO2)cc1. The number of benzene rings is 2. The number of epoxide rings is 1. The molecule has 4 atom stereocenters. The number of rotatable bonds is 14. The molecule has 0 bridgehead atoms. The van der Waals surface area contributed by atoms with Crippen LogP contribution in [-0.2, 0) is 32.0 Å². The molecule has 0 radical (unpaired) electrons. The molecule has 4 rings (SSSR count). The fourth-order valence-corrected chi connectivity index (χ4v) is 5.31. The van der Waals surface area contributed by atoms with Gasteiger partial charge in [0.05, 0.1) is 32.9 Å². The number of amides is 1. The maximum Gasteiger partial charge on any atom is 0.224 e. The Balaban J connectivity index is 1.50. The molecule has 0 saturated carbocycles. The van der Waals surface area contributed by atoms with Crippen molar-refractivity contribution in [2.75, 3.05) is 33.4 Å². The Labute approximate surface area is 230 Å². The summed E-state index contributed by atoms with van der Waals surface area (Å²) < 4.78 is 10.7. The zero-order chi connectivity index (χ0) is 27.8. The third kappa shape index (κ3) is 7.97. The molecule has 2 fully saturated rings. The molecule has 0 aromatic heterocycles. The highest BCUT2D eigenvalue weighted by atomic mass is 16.6. The van der Waals surface area contributed by atoms with E-state index in [0.29, 0.717) is 25.2 Å². The van der Waals surface area contributed by atoms with Gasteiger partial charge in [0.25, 0.3) is 0 Å². The number of ketones is 2. The summed E-state index contributed by atoms with van der Waals surface area (Å²) in [6.07, 6.45) is 3.64. The standard InChI is InChI=1S/C31H40N2O6/c1-31(21-39-31)29(36)28(17-22-8-4-3-5-9-22)32-30(37)24(16-23-11-13-27(38-2)14-12-23)18-26(35)19-33-15-7-6-10-25(33)20-34/h3-5,8-9,11-14,24-25,28,34H,6-7,10,15-21H2,1-2H3,(H,32,37)/t24-,25-,28+,31-/m1/s1. The van der Waals surface area contributed by atoms with Crippen LogP contribution in [0.2, 0.25) is 0 Å². The minimum Gasteiger partial charge on any atom is -0.497 e. The van der Waals surface area contributed by atoms with E-state index < -0.39 is 17.6 Å². The lowest BCUT2D eigenvalue weighted by atomic mass is 9.90. The van der Waals surface area contributed by atoms with Crippen molar-refractivity contribution in [1.82, 2.24) is 10.2 Å². The Morgan fingerprint density at radius 1 is 1.08 bits per heavy atom. The smallest absolute Gasteiger partial charge is 0.224 e. The van der Waals surface area contributed by atoms with Crippen LogP contribution in [0, 0.1) is 5.92 Å². The molecule has 210 valence electrons. The van der Waals surface area contributed by atoms with Crippen molar-refractivity contribution in [3.8, 4) is 5.75 Å². The van der Waals surface area contributed by atoms with Crippen molar-refractivity contribution >= 4 is 17.5 Å². The number of hydrogen-bond donors (Lipinski definition) is 2. The molecule has 2 heterocycles. The summed E-state index contributed by atoms with van der Waals surface area (Å²) in [6.45, 7) is 3.07. The summed E-state index contributed by atoms with van der Waals surface area (Å²) in [5.74, 6) is -0.472. The Morgan fingerprint density at radius 3 is 2.41 bits per heavy atom. The third-order valence-corrected chi connectivity index (χ3v) is 7.84. The van der Waals surface area contributed by atoms with Gasteiger partial charge in [-0.15, -0.1) is 0 Å². The molecule has 8 nitrogen and oxygen atoms in total. The molecule has 2 aromatic rings. The van der Waals surface area contributed by atoms with E-state index in [1.807, 2.05) is 59.5 Å². The zero-order valence-electron chi connectivity index (χ0n) is 22.9. The highest BCUT2D eigenvalue weighted by Crippen LogP contribution is 2.29. The molecular formula is C31H40N2O6. The van der Waals surface area contributed by atoms with Crippen molar-refractivity contribution < 1.29 is 29.0 Å². The predicted molar refractivity (Wildman–Crippen MR) is 148 cm³/mol. The van der Waals surface area contributed by atoms with Gasteiger partial charge in [0.2, 0.25) is 5.91 Å². The van der Waals surface area contributed by atoms with Gasteiger partial charge in [-0.1, -0.05) is 48.9 Å². The number of nitrogens with one attached hydrogen (secondary N) is 1. The Bertz CT molecular complexity index is 1120. The number of carbonyl (C=O) groups excluding carboxylic acids is 3. The molecule has 2 aliphatic heterocycles. The fraction of sp³-hybridized carbons (Fsp3) is 0.516. The van der Waals surface area contributed by atoms with E-state index in [1.54, 1.807) is 14.0 Å². The van der Waals surface area contributed by atoms with Gasteiger partial charge in [0.1, 0.15) is 17.1 Å². The molecule has 0 unspecified atom stereocenters. The molecule has 8 heteroatoms. The summed E-state index contributed by atoms with van der Waals surface area (Å²) in [4.78, 5) is 42.3. The average Bonchev–Trinajstić information content (AvgIpc) is 3.71. The van der Waals surface area contributed by atoms with E-state index in [9.17, 15) is 19.5 Å². The molecule has 2 aliphatic rings. The second-order valence-corrected chi connectivity index (χ2v) is 10.9. The first-order valence-electron chi connectivity index (χ1n) is 13.8. The van der Waals surface area contributed by atoms with Gasteiger partial charge in [-0.25, -0.2) is 0 Å². The quantitative estimate of drug-likeness (QED) is 0.358. The van der Waals surface area contributed by atoms with Gasteiger partial charge >= 0.3 is 0 Å². The Morgan fingerprint density at radius 2 is 1.77 bits per heavy atom. The van der Waals surface area contributed by atoms with E-state index in [2.05, 4.69) is 5.32 Å². The Hall–Kier alpha value is -3.07. The monoisotopic (exact) mass is 536 g/mol. The van der Waals surface area contributed by atoms with Gasteiger partial charge in [-0.2, -0.15) is 0 Å². The highest BCUT2D eigenvalue weighted by Gasteiger charge is 2.50. The lowest BCUT2D eigenvalue weighted by Gasteiger charge is -2.34. The number of aliphatic hydroxyl groups excluding tert-OH is 1. The number of ether oxygens (including phenoxy) is 2. The van der Waals surface area contributed by atoms with Crippen LogP contribution in [0.3, 0.4) is 0 Å². The average molecular weight is 537 g/mol. The molecule has 1 amide bonds. The lowest BCUT2D eigenvalue weighted by Crippen LogP contribution is -2.50. The molecule has 39 heavy (non-hydrogen) atoms. The van der Waals surface area contributed by atoms with Crippen LogP contribution in [0.25, 0.3) is 0 Å². The summed E-state index contributed by atoms with van der Waals surface area (Å²) in [5, 5.41) is 12.7. The summed E-state index contributed by atoms with van der Waals surface area (Å²) in [5.41, 5.74) is 0.948. The maximum absolute atomic E-state index is 13.7. The van der Waals surface area contributed by atoms with Gasteiger partial charge < -0.3 is 19.9 Å². The van der Waals surface area contributed by atoms with Crippen molar-refractivity contribution in [2.24, 2.45) is 5.92 Å². The van der Waals surface area contributed by atoms with Crippen LogP contribution in [0.5, 0.6) is 5.75 Å². The molecule has 0 aliphatic carbocycles. The van der Waals surface area contributed by atoms with Gasteiger partial charge in [-0.05, 0) is 62.4 Å². The van der Waals surface area contributed by atoms with E-state index >= 15 is 0 Å². The second kappa shape index (κ2) is 13.3. The maximum atomic E-state index is 13.7. The number of methoxy groups -OCH3 is 1. The number of piperidine rings is 1. The van der Waals surface area contributed by atoms with Crippen LogP contribution in [0.4, 0.5) is 0 Å². The topological polar surface area (TPSA) is 108 Å². The van der Waals surface area contributed by atoms with E-state index in [1.165, 1.54) is 0 Å².